The molecule has 2 nitrogen and oxygen atoms in total. The molecular formula is C15H27NOS. The van der Waals surface area contributed by atoms with Gasteiger partial charge in [-0.25, -0.2) is 0 Å². The lowest BCUT2D eigenvalue weighted by Crippen LogP contribution is -2.33. The van der Waals surface area contributed by atoms with E-state index in [1.54, 1.807) is 11.9 Å². The summed E-state index contributed by atoms with van der Waals surface area (Å²) in [6.07, 6.45) is 0. The van der Waals surface area contributed by atoms with Crippen LogP contribution in [0.2, 0.25) is 0 Å². The van der Waals surface area contributed by atoms with Crippen LogP contribution < -0.4 is 4.72 Å². The summed E-state index contributed by atoms with van der Waals surface area (Å²) in [4.78, 5) is 0. The Morgan fingerprint density at radius 2 is 1.72 bits per heavy atom. The standard InChI is InChI=1S/C13H21NOS.C2H6/c1-10(2)16-14-9-13(4,15)12-7-5-11(3)6-8-12;1-2/h5-8,10,14-15H,9H2,1-4H3;1-2H3. The molecule has 0 radical (unpaired) electrons. The van der Waals surface area contributed by atoms with E-state index in [9.17, 15) is 5.11 Å². The number of benzene rings is 1. The molecular weight excluding hydrogens is 242 g/mol. The maximum absolute atomic E-state index is 10.3. The molecule has 0 aliphatic rings. The SMILES string of the molecule is CC.Cc1ccc(C(C)(O)CNSC(C)C)cc1. The van der Waals surface area contributed by atoms with Gasteiger partial charge in [0.25, 0.3) is 0 Å². The Labute approximate surface area is 116 Å². The third-order valence-corrected chi connectivity index (χ3v) is 3.19. The van der Waals surface area contributed by atoms with Crippen LogP contribution in [0.4, 0.5) is 0 Å². The third-order valence-electron chi connectivity index (χ3n) is 2.41. The molecule has 0 bridgehead atoms. The zero-order valence-corrected chi connectivity index (χ0v) is 13.3. The first-order valence-corrected chi connectivity index (χ1v) is 7.48. The molecule has 0 aliphatic carbocycles. The van der Waals surface area contributed by atoms with E-state index in [-0.39, 0.29) is 0 Å². The number of aliphatic hydroxyl groups is 1. The summed E-state index contributed by atoms with van der Waals surface area (Å²) in [6, 6.07) is 8.02. The molecule has 0 heterocycles. The van der Waals surface area contributed by atoms with Crippen molar-refractivity contribution in [3.63, 3.8) is 0 Å². The summed E-state index contributed by atoms with van der Waals surface area (Å²) in [5, 5.41) is 10.8. The summed E-state index contributed by atoms with van der Waals surface area (Å²) in [6.45, 7) is 12.7. The van der Waals surface area contributed by atoms with Crippen molar-refractivity contribution in [2.45, 2.75) is 52.4 Å². The van der Waals surface area contributed by atoms with Gasteiger partial charge < -0.3 is 5.11 Å². The Morgan fingerprint density at radius 1 is 1.22 bits per heavy atom. The van der Waals surface area contributed by atoms with Crippen LogP contribution in [0.1, 0.15) is 45.7 Å². The fraction of sp³-hybridized carbons (Fsp3) is 0.600. The van der Waals surface area contributed by atoms with Gasteiger partial charge in [-0.2, -0.15) is 0 Å². The molecule has 0 saturated carbocycles. The average molecular weight is 269 g/mol. The quantitative estimate of drug-likeness (QED) is 0.796. The van der Waals surface area contributed by atoms with Gasteiger partial charge in [0.2, 0.25) is 0 Å². The number of aryl methyl sites for hydroxylation is 1. The van der Waals surface area contributed by atoms with Crippen LogP contribution >= 0.6 is 11.9 Å². The van der Waals surface area contributed by atoms with E-state index in [2.05, 4.69) is 18.6 Å². The van der Waals surface area contributed by atoms with E-state index in [0.29, 0.717) is 11.8 Å². The highest BCUT2D eigenvalue weighted by molar-refractivity contribution is 7.97. The molecule has 0 spiro atoms. The topological polar surface area (TPSA) is 32.3 Å². The molecule has 0 amide bonds. The summed E-state index contributed by atoms with van der Waals surface area (Å²) >= 11 is 1.65. The van der Waals surface area contributed by atoms with E-state index in [1.807, 2.05) is 52.0 Å². The first kappa shape index (κ1) is 17.5. The van der Waals surface area contributed by atoms with Gasteiger partial charge in [0.05, 0.1) is 0 Å². The van der Waals surface area contributed by atoms with Crippen molar-refractivity contribution >= 4 is 11.9 Å². The van der Waals surface area contributed by atoms with Crippen LogP contribution in [0.3, 0.4) is 0 Å². The normalized spacial score (nSPS) is 13.8. The van der Waals surface area contributed by atoms with Crippen LogP contribution in [-0.4, -0.2) is 16.9 Å². The van der Waals surface area contributed by atoms with Gasteiger partial charge in [0.1, 0.15) is 5.60 Å². The zero-order chi connectivity index (χ0) is 14.2. The molecule has 2 N–H and O–H groups in total. The van der Waals surface area contributed by atoms with Crippen molar-refractivity contribution in [2.75, 3.05) is 6.54 Å². The molecule has 1 aromatic rings. The fourth-order valence-electron chi connectivity index (χ4n) is 1.36. The van der Waals surface area contributed by atoms with Gasteiger partial charge in [0, 0.05) is 11.8 Å². The molecule has 1 aromatic carbocycles. The number of nitrogens with one attached hydrogen (secondary N) is 1. The van der Waals surface area contributed by atoms with Crippen molar-refractivity contribution in [1.29, 1.82) is 0 Å². The van der Waals surface area contributed by atoms with Crippen molar-refractivity contribution < 1.29 is 5.11 Å². The van der Waals surface area contributed by atoms with Crippen molar-refractivity contribution in [3.05, 3.63) is 35.4 Å². The predicted octanol–water partition coefficient (Wildman–Crippen LogP) is 3.87. The van der Waals surface area contributed by atoms with Crippen LogP contribution in [0.5, 0.6) is 0 Å². The smallest absolute Gasteiger partial charge is 0.100 e. The highest BCUT2D eigenvalue weighted by Crippen LogP contribution is 2.21. The number of rotatable bonds is 5. The maximum atomic E-state index is 10.3. The van der Waals surface area contributed by atoms with Crippen molar-refractivity contribution in [2.24, 2.45) is 0 Å². The zero-order valence-electron chi connectivity index (χ0n) is 12.4. The third kappa shape index (κ3) is 6.43. The second kappa shape index (κ2) is 8.57. The van der Waals surface area contributed by atoms with Crippen LogP contribution in [0.25, 0.3) is 0 Å². The first-order chi connectivity index (χ1) is 8.42. The van der Waals surface area contributed by atoms with Gasteiger partial charge in [-0.1, -0.05) is 69.5 Å². The van der Waals surface area contributed by atoms with E-state index in [1.165, 1.54) is 5.56 Å². The summed E-state index contributed by atoms with van der Waals surface area (Å²) < 4.78 is 3.20. The molecule has 0 aliphatic heterocycles. The Kier molecular flexibility index (Phi) is 8.32. The van der Waals surface area contributed by atoms with Gasteiger partial charge in [0.15, 0.2) is 0 Å². The van der Waals surface area contributed by atoms with Gasteiger partial charge in [-0.3, -0.25) is 4.72 Å². The van der Waals surface area contributed by atoms with Crippen LogP contribution in [-0.2, 0) is 5.60 Å². The second-order valence-electron chi connectivity index (χ2n) is 4.63. The van der Waals surface area contributed by atoms with Crippen molar-refractivity contribution in [1.82, 2.24) is 4.72 Å². The molecule has 104 valence electrons. The van der Waals surface area contributed by atoms with E-state index >= 15 is 0 Å². The first-order valence-electron chi connectivity index (χ1n) is 6.60. The lowest BCUT2D eigenvalue weighted by Gasteiger charge is -2.24. The van der Waals surface area contributed by atoms with Gasteiger partial charge in [-0.15, -0.1) is 0 Å². The molecule has 1 atom stereocenters. The second-order valence-corrected chi connectivity index (χ2v) is 6.09. The van der Waals surface area contributed by atoms with Crippen LogP contribution in [0, 0.1) is 6.92 Å². The van der Waals surface area contributed by atoms with Gasteiger partial charge in [-0.05, 0) is 19.4 Å². The highest BCUT2D eigenvalue weighted by atomic mass is 32.2. The summed E-state index contributed by atoms with van der Waals surface area (Å²) in [7, 11) is 0. The van der Waals surface area contributed by atoms with Crippen molar-refractivity contribution in [3.8, 4) is 0 Å². The van der Waals surface area contributed by atoms with E-state index < -0.39 is 5.60 Å². The Hall–Kier alpha value is -0.510. The fourth-order valence-corrected chi connectivity index (χ4v) is 2.06. The monoisotopic (exact) mass is 269 g/mol. The van der Waals surface area contributed by atoms with Crippen LogP contribution in [0.15, 0.2) is 24.3 Å². The maximum Gasteiger partial charge on any atom is 0.100 e. The molecule has 0 fully saturated rings. The molecule has 1 rings (SSSR count). The lowest BCUT2D eigenvalue weighted by atomic mass is 9.95. The molecule has 0 aromatic heterocycles. The highest BCUT2D eigenvalue weighted by Gasteiger charge is 2.22. The predicted molar refractivity (Wildman–Crippen MR) is 82.8 cm³/mol. The van der Waals surface area contributed by atoms with Gasteiger partial charge >= 0.3 is 0 Å². The Morgan fingerprint density at radius 3 is 2.17 bits per heavy atom. The van der Waals surface area contributed by atoms with E-state index in [0.717, 1.165) is 5.56 Å². The largest absolute Gasteiger partial charge is 0.384 e. The summed E-state index contributed by atoms with van der Waals surface area (Å²) in [5.74, 6) is 0. The van der Waals surface area contributed by atoms with E-state index in [4.69, 9.17) is 0 Å². The lowest BCUT2D eigenvalue weighted by molar-refractivity contribution is 0.0635. The minimum atomic E-state index is -0.810. The average Bonchev–Trinajstić information content (AvgIpc) is 2.31. The molecule has 1 unspecified atom stereocenters. The Bertz CT molecular complexity index is 320. The Balaban J connectivity index is 0.00000137. The minimum Gasteiger partial charge on any atom is -0.384 e. The number of hydrogen-bond acceptors (Lipinski definition) is 3. The number of hydrogen-bond donors (Lipinski definition) is 2. The summed E-state index contributed by atoms with van der Waals surface area (Å²) in [5.41, 5.74) is 1.36. The minimum absolute atomic E-state index is 0.522. The molecule has 18 heavy (non-hydrogen) atoms. The molecule has 0 saturated heterocycles. The molecule has 3 heteroatoms.